The zero-order valence-corrected chi connectivity index (χ0v) is 21.0. The number of benzene rings is 3. The molecule has 0 spiro atoms. The molecular weight excluding hydrogens is 457 g/mol. The minimum atomic E-state index is -1.09. The third kappa shape index (κ3) is 6.21. The Balaban J connectivity index is 1.38. The monoisotopic (exact) mass is 492 g/mol. The zero-order valence-electron chi connectivity index (χ0n) is 21.0. The lowest BCUT2D eigenvalue weighted by atomic mass is 9.78. The van der Waals surface area contributed by atoms with E-state index in [4.69, 9.17) is 4.74 Å². The summed E-state index contributed by atoms with van der Waals surface area (Å²) >= 11 is 0. The van der Waals surface area contributed by atoms with E-state index in [9.17, 15) is 13.2 Å². The Hall–Kier alpha value is -3.01. The van der Waals surface area contributed by atoms with Crippen LogP contribution in [0.15, 0.2) is 67.3 Å². The molecule has 0 saturated heterocycles. The third-order valence-electron chi connectivity index (χ3n) is 7.38. The first-order chi connectivity index (χ1) is 17.5. The number of halogens is 3. The van der Waals surface area contributed by atoms with Gasteiger partial charge in [0.25, 0.3) is 0 Å². The van der Waals surface area contributed by atoms with E-state index in [0.717, 1.165) is 24.8 Å². The standard InChI is InChI=1S/C32H35F3O/c1-3-5-20-36-30-19-18-28(31(34)32(30)35)27-17-12-24(21-29(27)33)7-6-23-10-15-26(16-11-23)25-13-8-22(4-2)9-14-25/h4,10-12,15-19,21-22,25H,2-3,5-9,13-14,20H2,1H3. The largest absolute Gasteiger partial charge is 0.490 e. The maximum absolute atomic E-state index is 14.9. The highest BCUT2D eigenvalue weighted by atomic mass is 19.2. The fourth-order valence-corrected chi connectivity index (χ4v) is 5.04. The topological polar surface area (TPSA) is 9.23 Å². The van der Waals surface area contributed by atoms with Crippen LogP contribution in [-0.4, -0.2) is 6.61 Å². The molecule has 0 unspecified atom stereocenters. The van der Waals surface area contributed by atoms with E-state index in [1.807, 2.05) is 6.92 Å². The predicted molar refractivity (Wildman–Crippen MR) is 141 cm³/mol. The molecule has 1 saturated carbocycles. The average Bonchev–Trinajstić information content (AvgIpc) is 2.91. The van der Waals surface area contributed by atoms with Crippen molar-refractivity contribution < 1.29 is 17.9 Å². The van der Waals surface area contributed by atoms with Crippen LogP contribution < -0.4 is 4.74 Å². The Labute approximate surface area is 213 Å². The highest BCUT2D eigenvalue weighted by Gasteiger charge is 2.21. The van der Waals surface area contributed by atoms with E-state index in [2.05, 4.69) is 36.9 Å². The summed E-state index contributed by atoms with van der Waals surface area (Å²) in [6.45, 7) is 6.23. The molecule has 0 radical (unpaired) electrons. The molecule has 190 valence electrons. The van der Waals surface area contributed by atoms with Gasteiger partial charge in [-0.05, 0) is 91.7 Å². The molecule has 0 heterocycles. The first-order valence-corrected chi connectivity index (χ1v) is 13.1. The lowest BCUT2D eigenvalue weighted by molar-refractivity contribution is 0.289. The number of aryl methyl sites for hydroxylation is 2. The number of hydrogen-bond donors (Lipinski definition) is 0. The summed E-state index contributed by atoms with van der Waals surface area (Å²) in [4.78, 5) is 0. The van der Waals surface area contributed by atoms with Gasteiger partial charge in [0, 0.05) is 11.1 Å². The summed E-state index contributed by atoms with van der Waals surface area (Å²) in [5.74, 6) is -1.59. The van der Waals surface area contributed by atoms with E-state index in [0.29, 0.717) is 24.9 Å². The normalized spacial score (nSPS) is 17.7. The molecule has 0 aromatic heterocycles. The van der Waals surface area contributed by atoms with Gasteiger partial charge in [0.15, 0.2) is 11.6 Å². The van der Waals surface area contributed by atoms with Gasteiger partial charge in [0.1, 0.15) is 5.82 Å². The number of rotatable bonds is 10. The fraction of sp³-hybridized carbons (Fsp3) is 0.375. The Morgan fingerprint density at radius 3 is 2.17 bits per heavy atom. The van der Waals surface area contributed by atoms with Gasteiger partial charge in [0.2, 0.25) is 5.82 Å². The van der Waals surface area contributed by atoms with Crippen molar-refractivity contribution in [3.8, 4) is 16.9 Å². The van der Waals surface area contributed by atoms with Crippen molar-refractivity contribution in [2.75, 3.05) is 6.61 Å². The van der Waals surface area contributed by atoms with E-state index >= 15 is 0 Å². The lowest BCUT2D eigenvalue weighted by Gasteiger charge is -2.27. The molecule has 0 N–H and O–H groups in total. The molecule has 0 amide bonds. The first kappa shape index (κ1) is 26.1. The van der Waals surface area contributed by atoms with Crippen LogP contribution in [0.2, 0.25) is 0 Å². The van der Waals surface area contributed by atoms with E-state index in [-0.39, 0.29) is 16.9 Å². The highest BCUT2D eigenvalue weighted by Crippen LogP contribution is 2.36. The Morgan fingerprint density at radius 2 is 1.50 bits per heavy atom. The second kappa shape index (κ2) is 12.3. The average molecular weight is 493 g/mol. The summed E-state index contributed by atoms with van der Waals surface area (Å²) in [5, 5.41) is 0. The van der Waals surface area contributed by atoms with Crippen LogP contribution in [0, 0.1) is 23.4 Å². The fourth-order valence-electron chi connectivity index (χ4n) is 5.04. The van der Waals surface area contributed by atoms with Crippen molar-refractivity contribution in [3.63, 3.8) is 0 Å². The molecule has 3 aromatic rings. The number of allylic oxidation sites excluding steroid dienone is 1. The molecule has 1 aliphatic carbocycles. The van der Waals surface area contributed by atoms with E-state index < -0.39 is 17.5 Å². The number of unbranched alkanes of at least 4 members (excludes halogenated alkanes) is 1. The quantitative estimate of drug-likeness (QED) is 0.202. The summed E-state index contributed by atoms with van der Waals surface area (Å²) in [7, 11) is 0. The van der Waals surface area contributed by atoms with Crippen molar-refractivity contribution in [3.05, 3.63) is 101 Å². The highest BCUT2D eigenvalue weighted by molar-refractivity contribution is 5.66. The maximum atomic E-state index is 14.9. The molecule has 4 rings (SSSR count). The smallest absolute Gasteiger partial charge is 0.201 e. The molecule has 0 bridgehead atoms. The van der Waals surface area contributed by atoms with Gasteiger partial charge >= 0.3 is 0 Å². The maximum Gasteiger partial charge on any atom is 0.201 e. The van der Waals surface area contributed by atoms with Crippen LogP contribution in [0.1, 0.15) is 68.1 Å². The minimum absolute atomic E-state index is 0.0470. The second-order valence-electron chi connectivity index (χ2n) is 9.84. The summed E-state index contributed by atoms with van der Waals surface area (Å²) < 4.78 is 49.4. The van der Waals surface area contributed by atoms with Gasteiger partial charge in [0.05, 0.1) is 6.61 Å². The first-order valence-electron chi connectivity index (χ1n) is 13.1. The van der Waals surface area contributed by atoms with Gasteiger partial charge in [-0.25, -0.2) is 8.78 Å². The number of ether oxygens (including phenoxy) is 1. The van der Waals surface area contributed by atoms with E-state index in [1.165, 1.54) is 61.1 Å². The molecule has 36 heavy (non-hydrogen) atoms. The molecule has 1 aliphatic rings. The van der Waals surface area contributed by atoms with Gasteiger partial charge in [-0.2, -0.15) is 4.39 Å². The Morgan fingerprint density at radius 1 is 0.833 bits per heavy atom. The van der Waals surface area contributed by atoms with Crippen molar-refractivity contribution in [1.29, 1.82) is 0 Å². The van der Waals surface area contributed by atoms with Crippen LogP contribution in [-0.2, 0) is 12.8 Å². The van der Waals surface area contributed by atoms with Crippen LogP contribution in [0.5, 0.6) is 5.75 Å². The molecule has 0 atom stereocenters. The van der Waals surface area contributed by atoms with Gasteiger partial charge in [-0.3, -0.25) is 0 Å². The zero-order chi connectivity index (χ0) is 25.5. The van der Waals surface area contributed by atoms with Crippen LogP contribution in [0.4, 0.5) is 13.2 Å². The van der Waals surface area contributed by atoms with Crippen LogP contribution >= 0.6 is 0 Å². The van der Waals surface area contributed by atoms with E-state index in [1.54, 1.807) is 6.07 Å². The summed E-state index contributed by atoms with van der Waals surface area (Å²) in [6.07, 6.45) is 10.0. The molecule has 1 nitrogen and oxygen atoms in total. The van der Waals surface area contributed by atoms with Gasteiger partial charge in [-0.15, -0.1) is 6.58 Å². The van der Waals surface area contributed by atoms with Crippen molar-refractivity contribution in [2.45, 2.75) is 64.2 Å². The van der Waals surface area contributed by atoms with Gasteiger partial charge < -0.3 is 4.74 Å². The summed E-state index contributed by atoms with van der Waals surface area (Å²) in [6, 6.07) is 16.3. The van der Waals surface area contributed by atoms with Crippen molar-refractivity contribution in [2.24, 2.45) is 5.92 Å². The third-order valence-corrected chi connectivity index (χ3v) is 7.38. The van der Waals surface area contributed by atoms with Crippen LogP contribution in [0.3, 0.4) is 0 Å². The summed E-state index contributed by atoms with van der Waals surface area (Å²) in [5.41, 5.74) is 3.37. The lowest BCUT2D eigenvalue weighted by Crippen LogP contribution is -2.11. The Kier molecular flexibility index (Phi) is 8.90. The predicted octanol–water partition coefficient (Wildman–Crippen LogP) is 9.19. The molecule has 3 aromatic carbocycles. The molecule has 0 aliphatic heterocycles. The SMILES string of the molecule is C=CC1CCC(c2ccc(CCc3ccc(-c4ccc(OCCCC)c(F)c4F)c(F)c3)cc2)CC1. The molecule has 4 heteroatoms. The molecule has 1 fully saturated rings. The molecular formula is C32H35F3O. The van der Waals surface area contributed by atoms with Crippen molar-refractivity contribution >= 4 is 0 Å². The van der Waals surface area contributed by atoms with Gasteiger partial charge in [-0.1, -0.05) is 55.8 Å². The minimum Gasteiger partial charge on any atom is -0.490 e. The second-order valence-corrected chi connectivity index (χ2v) is 9.84. The van der Waals surface area contributed by atoms with Crippen LogP contribution in [0.25, 0.3) is 11.1 Å². The number of hydrogen-bond acceptors (Lipinski definition) is 1. The van der Waals surface area contributed by atoms with Crippen molar-refractivity contribution in [1.82, 2.24) is 0 Å². The Bertz CT molecular complexity index is 1160.